The molecule has 0 amide bonds. The van der Waals surface area contributed by atoms with Crippen molar-refractivity contribution in [3.05, 3.63) is 83.4 Å². The molecule has 14 heteroatoms. The third kappa shape index (κ3) is 11.4. The highest BCUT2D eigenvalue weighted by molar-refractivity contribution is 7.59. The van der Waals surface area contributed by atoms with Gasteiger partial charge in [-0.3, -0.25) is 14.7 Å². The van der Waals surface area contributed by atoms with E-state index in [0.717, 1.165) is 24.0 Å². The summed E-state index contributed by atoms with van der Waals surface area (Å²) in [6.45, 7) is 11.6. The molecule has 2 aromatic carbocycles. The fourth-order valence-electron chi connectivity index (χ4n) is 5.11. The quantitative estimate of drug-likeness (QED) is 0.0610. The van der Waals surface area contributed by atoms with Crippen LogP contribution in [0.25, 0.3) is 11.2 Å². The van der Waals surface area contributed by atoms with Crippen LogP contribution < -0.4 is 15.9 Å². The van der Waals surface area contributed by atoms with Crippen molar-refractivity contribution in [1.82, 2.24) is 29.7 Å². The van der Waals surface area contributed by atoms with Crippen molar-refractivity contribution >= 4 is 36.4 Å². The number of nitrogens with one attached hydrogen (secondary N) is 2. The van der Waals surface area contributed by atoms with Crippen LogP contribution in [-0.4, -0.2) is 70.2 Å². The number of carbonyl (C=O) groups excluding carboxylic acids is 2. The van der Waals surface area contributed by atoms with Crippen LogP contribution in [0.2, 0.25) is 0 Å². The second-order valence-electron chi connectivity index (χ2n) is 13.4. The van der Waals surface area contributed by atoms with Gasteiger partial charge in [0.05, 0.1) is 43.3 Å². The van der Waals surface area contributed by atoms with E-state index in [0.29, 0.717) is 73.8 Å². The third-order valence-electron chi connectivity index (χ3n) is 7.79. The maximum absolute atomic E-state index is 14.4. The van der Waals surface area contributed by atoms with Crippen LogP contribution in [0.4, 0.5) is 5.82 Å². The third-order valence-corrected chi connectivity index (χ3v) is 9.77. The molecule has 0 saturated carbocycles. The Bertz CT molecular complexity index is 1770. The van der Waals surface area contributed by atoms with Crippen molar-refractivity contribution in [2.45, 2.75) is 73.0 Å². The molecule has 0 aliphatic heterocycles. The fourth-order valence-corrected chi connectivity index (χ4v) is 6.81. The van der Waals surface area contributed by atoms with E-state index >= 15 is 0 Å². The lowest BCUT2D eigenvalue weighted by molar-refractivity contribution is 0.0365. The number of esters is 2. The summed E-state index contributed by atoms with van der Waals surface area (Å²) in [5.41, 5.74) is 9.41. The number of carbonyl (C=O) groups is 2. The van der Waals surface area contributed by atoms with Gasteiger partial charge in [0, 0.05) is 13.1 Å². The van der Waals surface area contributed by atoms with Crippen LogP contribution in [0.3, 0.4) is 0 Å². The molecule has 0 spiro atoms. The Morgan fingerprint density at radius 3 is 2.12 bits per heavy atom. The van der Waals surface area contributed by atoms with Gasteiger partial charge >= 0.3 is 11.9 Å². The van der Waals surface area contributed by atoms with E-state index in [1.165, 1.54) is 6.33 Å². The first kappa shape index (κ1) is 38.6. The standard InChI is InChI=1S/C36H50N7O6P/c1-6-7-20-47-34(44)29-14-10-8-12-27(29)16-18-41-50(46,25-49-26(2)21-43-24-40-31-32(37)38-23-39-33(31)43)42-19-17-28-13-9-11-15-30(28)35(45)48-22-36(3,4)5/h8-15,23-24,26H,6-7,16-22,25H2,1-5H3,(H2,37,38,39)(H2,41,42,46)/t26-,50-/m1/s1. The maximum atomic E-state index is 14.4. The molecule has 0 saturated heterocycles. The van der Waals surface area contributed by atoms with Crippen LogP contribution >= 0.6 is 7.44 Å². The molecule has 13 nitrogen and oxygen atoms in total. The summed E-state index contributed by atoms with van der Waals surface area (Å²) in [5.74, 6) is -0.466. The highest BCUT2D eigenvalue weighted by Crippen LogP contribution is 2.36. The van der Waals surface area contributed by atoms with Gasteiger partial charge in [0.2, 0.25) is 7.44 Å². The number of hydrogen-bond acceptors (Lipinski definition) is 10. The van der Waals surface area contributed by atoms with E-state index in [-0.39, 0.29) is 29.8 Å². The molecular formula is C36H50N7O6P. The Kier molecular flexibility index (Phi) is 14.1. The summed E-state index contributed by atoms with van der Waals surface area (Å²) in [4.78, 5) is 38.3. The number of fused-ring (bicyclic) bond motifs is 1. The molecule has 4 rings (SSSR count). The lowest BCUT2D eigenvalue weighted by atomic mass is 9.98. The van der Waals surface area contributed by atoms with Crippen molar-refractivity contribution in [2.24, 2.45) is 5.41 Å². The molecule has 2 atom stereocenters. The van der Waals surface area contributed by atoms with Gasteiger partial charge in [-0.25, -0.2) is 24.5 Å². The predicted octanol–water partition coefficient (Wildman–Crippen LogP) is 5.79. The zero-order valence-corrected chi connectivity index (χ0v) is 30.6. The topological polar surface area (TPSA) is 173 Å². The summed E-state index contributed by atoms with van der Waals surface area (Å²) in [6, 6.07) is 14.6. The average molecular weight is 708 g/mol. The van der Waals surface area contributed by atoms with E-state index in [2.05, 4.69) is 25.1 Å². The largest absolute Gasteiger partial charge is 0.462 e. The van der Waals surface area contributed by atoms with Crippen LogP contribution in [-0.2, 0) is 38.2 Å². The van der Waals surface area contributed by atoms with Gasteiger partial charge in [0.1, 0.15) is 18.2 Å². The number of anilines is 1. The molecule has 0 aliphatic rings. The minimum atomic E-state index is -3.35. The van der Waals surface area contributed by atoms with Gasteiger partial charge in [-0.05, 0) is 54.9 Å². The molecule has 4 aromatic rings. The highest BCUT2D eigenvalue weighted by atomic mass is 31.2. The zero-order valence-electron chi connectivity index (χ0n) is 29.7. The number of ether oxygens (including phenoxy) is 3. The Labute approximate surface area is 294 Å². The van der Waals surface area contributed by atoms with Crippen molar-refractivity contribution in [3.63, 3.8) is 0 Å². The number of unbranched alkanes of at least 4 members (excludes halogenated alkanes) is 1. The number of imidazole rings is 1. The summed E-state index contributed by atoms with van der Waals surface area (Å²) < 4.78 is 33.4. The molecule has 0 bridgehead atoms. The van der Waals surface area contributed by atoms with E-state index in [1.54, 1.807) is 30.6 Å². The molecule has 4 N–H and O–H groups in total. The first-order valence-corrected chi connectivity index (χ1v) is 18.9. The lowest BCUT2D eigenvalue weighted by Gasteiger charge is -2.24. The molecular weight excluding hydrogens is 657 g/mol. The Hall–Kier alpha value is -4.16. The van der Waals surface area contributed by atoms with Crippen LogP contribution in [0.5, 0.6) is 0 Å². The first-order valence-electron chi connectivity index (χ1n) is 17.0. The minimum Gasteiger partial charge on any atom is -0.462 e. The Morgan fingerprint density at radius 2 is 1.52 bits per heavy atom. The average Bonchev–Trinajstić information content (AvgIpc) is 3.50. The molecule has 2 aromatic heterocycles. The number of hydrogen-bond donors (Lipinski definition) is 3. The van der Waals surface area contributed by atoms with Crippen molar-refractivity contribution in [1.29, 1.82) is 0 Å². The number of benzene rings is 2. The maximum Gasteiger partial charge on any atom is 0.338 e. The van der Waals surface area contributed by atoms with E-state index in [4.69, 9.17) is 19.9 Å². The van der Waals surface area contributed by atoms with Gasteiger partial charge in [-0.2, -0.15) is 0 Å². The van der Waals surface area contributed by atoms with Crippen molar-refractivity contribution in [2.75, 3.05) is 38.4 Å². The molecule has 0 aliphatic carbocycles. The van der Waals surface area contributed by atoms with E-state index in [9.17, 15) is 14.2 Å². The summed E-state index contributed by atoms with van der Waals surface area (Å²) in [5, 5.41) is 6.39. The van der Waals surface area contributed by atoms with Crippen LogP contribution in [0, 0.1) is 5.41 Å². The number of nitrogen functional groups attached to an aromatic ring is 1. The van der Waals surface area contributed by atoms with Gasteiger partial charge in [-0.1, -0.05) is 70.5 Å². The molecule has 0 radical (unpaired) electrons. The fraction of sp³-hybridized carbons (Fsp3) is 0.472. The lowest BCUT2D eigenvalue weighted by Crippen LogP contribution is -2.30. The molecule has 50 heavy (non-hydrogen) atoms. The number of rotatable bonds is 19. The summed E-state index contributed by atoms with van der Waals surface area (Å²) >= 11 is 0. The van der Waals surface area contributed by atoms with Crippen molar-refractivity contribution < 1.29 is 28.4 Å². The second kappa shape index (κ2) is 18.2. The van der Waals surface area contributed by atoms with Crippen LogP contribution in [0.15, 0.2) is 61.2 Å². The highest BCUT2D eigenvalue weighted by Gasteiger charge is 2.25. The summed E-state index contributed by atoms with van der Waals surface area (Å²) in [6.07, 6.45) is 5.11. The Balaban J connectivity index is 1.43. The number of nitrogens with two attached hydrogens (primary N) is 1. The van der Waals surface area contributed by atoms with Gasteiger partial charge in [0.25, 0.3) is 0 Å². The first-order chi connectivity index (χ1) is 23.9. The zero-order chi connectivity index (χ0) is 36.1. The molecule has 270 valence electrons. The molecule has 0 unspecified atom stereocenters. The monoisotopic (exact) mass is 707 g/mol. The van der Waals surface area contributed by atoms with Gasteiger partial charge in [0.15, 0.2) is 11.5 Å². The predicted molar refractivity (Wildman–Crippen MR) is 194 cm³/mol. The van der Waals surface area contributed by atoms with E-state index in [1.807, 2.05) is 63.5 Å². The number of nitrogens with zero attached hydrogens (tertiary/aromatic N) is 4. The molecule has 2 heterocycles. The number of aromatic nitrogens is 4. The molecule has 0 fully saturated rings. The summed E-state index contributed by atoms with van der Waals surface area (Å²) in [7, 11) is -3.35. The SMILES string of the molecule is CCCCOC(=O)c1ccccc1CCN[P@](=O)(CO[C@H](C)Cn1cnc2c(N)ncnc21)NCCc1ccccc1C(=O)OCC(C)(C)C. The minimum absolute atomic E-state index is 0.117. The van der Waals surface area contributed by atoms with Crippen LogP contribution in [0.1, 0.15) is 79.3 Å². The second-order valence-corrected chi connectivity index (χ2v) is 15.8. The normalized spacial score (nSPS) is 13.5. The van der Waals surface area contributed by atoms with E-state index < -0.39 is 7.44 Å². The Morgan fingerprint density at radius 1 is 0.920 bits per heavy atom. The van der Waals surface area contributed by atoms with Crippen molar-refractivity contribution in [3.8, 4) is 0 Å². The van der Waals surface area contributed by atoms with Gasteiger partial charge < -0.3 is 24.5 Å². The smallest absolute Gasteiger partial charge is 0.338 e. The van der Waals surface area contributed by atoms with Gasteiger partial charge in [-0.15, -0.1) is 0 Å².